The second-order valence-corrected chi connectivity index (χ2v) is 9.48. The number of carbonyl (C=O) groups is 1. The lowest BCUT2D eigenvalue weighted by molar-refractivity contribution is -0.119. The molecule has 0 aliphatic heterocycles. The SMILES string of the molecule is CS(=O)(=O)N(CC(=O)NCCCSCc1ccco1)c1cccc(Cl)c1Cl. The smallest absolute Gasteiger partial charge is 0.240 e. The van der Waals surface area contributed by atoms with E-state index in [2.05, 4.69) is 5.32 Å². The highest BCUT2D eigenvalue weighted by atomic mass is 35.5. The monoisotopic (exact) mass is 450 g/mol. The number of rotatable bonds is 10. The number of sulfonamides is 1. The molecule has 0 unspecified atom stereocenters. The summed E-state index contributed by atoms with van der Waals surface area (Å²) in [7, 11) is -3.70. The molecule has 0 spiro atoms. The van der Waals surface area contributed by atoms with Gasteiger partial charge in [0.2, 0.25) is 15.9 Å². The fourth-order valence-electron chi connectivity index (χ4n) is 2.22. The van der Waals surface area contributed by atoms with Crippen molar-refractivity contribution in [1.82, 2.24) is 5.32 Å². The number of nitrogens with one attached hydrogen (secondary N) is 1. The number of hydrogen-bond donors (Lipinski definition) is 1. The Bertz CT molecular complexity index is 858. The fourth-order valence-corrected chi connectivity index (χ4v) is 4.39. The average Bonchev–Trinajstić information content (AvgIpc) is 3.11. The zero-order chi connectivity index (χ0) is 19.9. The number of thioether (sulfide) groups is 1. The minimum Gasteiger partial charge on any atom is -0.468 e. The predicted molar refractivity (Wildman–Crippen MR) is 111 cm³/mol. The van der Waals surface area contributed by atoms with E-state index in [0.29, 0.717) is 6.54 Å². The van der Waals surface area contributed by atoms with Gasteiger partial charge in [0, 0.05) is 6.54 Å². The molecule has 27 heavy (non-hydrogen) atoms. The van der Waals surface area contributed by atoms with Crippen molar-refractivity contribution in [3.63, 3.8) is 0 Å². The molecule has 2 aromatic rings. The van der Waals surface area contributed by atoms with Crippen LogP contribution in [0.4, 0.5) is 5.69 Å². The van der Waals surface area contributed by atoms with Crippen molar-refractivity contribution in [1.29, 1.82) is 0 Å². The second-order valence-electron chi connectivity index (χ2n) is 5.68. The second kappa shape index (κ2) is 10.3. The highest BCUT2D eigenvalue weighted by Gasteiger charge is 2.23. The number of furan rings is 1. The third kappa shape index (κ3) is 6.95. The topological polar surface area (TPSA) is 79.6 Å². The molecular formula is C17H20Cl2N2O4S2. The molecule has 0 bridgehead atoms. The summed E-state index contributed by atoms with van der Waals surface area (Å²) >= 11 is 13.7. The van der Waals surface area contributed by atoms with Crippen LogP contribution >= 0.6 is 35.0 Å². The van der Waals surface area contributed by atoms with Crippen molar-refractivity contribution in [3.8, 4) is 0 Å². The highest BCUT2D eigenvalue weighted by molar-refractivity contribution is 7.98. The Morgan fingerprint density at radius 2 is 2.04 bits per heavy atom. The predicted octanol–water partition coefficient (Wildman–Crippen LogP) is 3.79. The van der Waals surface area contributed by atoms with Crippen molar-refractivity contribution in [3.05, 3.63) is 52.4 Å². The van der Waals surface area contributed by atoms with Gasteiger partial charge in [0.1, 0.15) is 12.3 Å². The average molecular weight is 451 g/mol. The van der Waals surface area contributed by atoms with Gasteiger partial charge in [0.15, 0.2) is 0 Å². The minimum absolute atomic E-state index is 0.0896. The van der Waals surface area contributed by atoms with Gasteiger partial charge in [-0.15, -0.1) is 0 Å². The van der Waals surface area contributed by atoms with Crippen LogP contribution in [-0.2, 0) is 20.6 Å². The number of benzene rings is 1. The zero-order valence-corrected chi connectivity index (χ0v) is 17.8. The molecule has 1 aromatic heterocycles. The van der Waals surface area contributed by atoms with Crippen molar-refractivity contribution < 1.29 is 17.6 Å². The Morgan fingerprint density at radius 1 is 1.26 bits per heavy atom. The molecule has 0 aliphatic carbocycles. The summed E-state index contributed by atoms with van der Waals surface area (Å²) in [6, 6.07) is 8.39. The maximum absolute atomic E-state index is 12.2. The Labute approximate surface area is 173 Å². The van der Waals surface area contributed by atoms with Crippen LogP contribution in [0.1, 0.15) is 12.2 Å². The summed E-state index contributed by atoms with van der Waals surface area (Å²) in [4.78, 5) is 12.2. The van der Waals surface area contributed by atoms with E-state index >= 15 is 0 Å². The minimum atomic E-state index is -3.70. The number of halogens is 2. The van der Waals surface area contributed by atoms with Crippen molar-refractivity contribution in [2.45, 2.75) is 12.2 Å². The summed E-state index contributed by atoms with van der Waals surface area (Å²) < 4.78 is 30.4. The molecule has 0 atom stereocenters. The quantitative estimate of drug-likeness (QED) is 0.556. The van der Waals surface area contributed by atoms with Crippen molar-refractivity contribution in [2.24, 2.45) is 0 Å². The number of carbonyl (C=O) groups excluding carboxylic acids is 1. The molecule has 10 heteroatoms. The van der Waals surface area contributed by atoms with Gasteiger partial charge < -0.3 is 9.73 Å². The first-order chi connectivity index (χ1) is 12.8. The summed E-state index contributed by atoms with van der Waals surface area (Å²) in [6.45, 7) is 0.0866. The summed E-state index contributed by atoms with van der Waals surface area (Å²) in [5, 5.41) is 3.03. The van der Waals surface area contributed by atoms with E-state index in [1.165, 1.54) is 6.07 Å². The first-order valence-electron chi connectivity index (χ1n) is 8.07. The maximum Gasteiger partial charge on any atom is 0.240 e. The van der Waals surface area contributed by atoms with Crippen LogP contribution in [0.3, 0.4) is 0 Å². The van der Waals surface area contributed by atoms with Gasteiger partial charge in [-0.1, -0.05) is 29.3 Å². The van der Waals surface area contributed by atoms with Gasteiger partial charge in [-0.3, -0.25) is 9.10 Å². The molecule has 0 radical (unpaired) electrons. The molecule has 148 valence electrons. The third-order valence-corrected chi connectivity index (χ3v) is 6.50. The Hall–Kier alpha value is -1.35. The highest BCUT2D eigenvalue weighted by Crippen LogP contribution is 2.33. The van der Waals surface area contributed by atoms with Crippen molar-refractivity contribution >= 4 is 56.6 Å². The number of anilines is 1. The van der Waals surface area contributed by atoms with Crippen LogP contribution in [0.15, 0.2) is 41.0 Å². The molecule has 0 saturated carbocycles. The molecule has 0 saturated heterocycles. The van der Waals surface area contributed by atoms with E-state index in [1.54, 1.807) is 30.2 Å². The zero-order valence-electron chi connectivity index (χ0n) is 14.7. The first kappa shape index (κ1) is 21.9. The Kier molecular flexibility index (Phi) is 8.34. The largest absolute Gasteiger partial charge is 0.468 e. The summed E-state index contributed by atoms with van der Waals surface area (Å²) in [6.07, 6.45) is 3.41. The lowest BCUT2D eigenvalue weighted by atomic mass is 10.3. The van der Waals surface area contributed by atoms with Gasteiger partial charge in [0.25, 0.3) is 0 Å². The van der Waals surface area contributed by atoms with Gasteiger partial charge in [-0.05, 0) is 36.4 Å². The summed E-state index contributed by atoms with van der Waals surface area (Å²) in [5.41, 5.74) is 0.177. The molecule has 2 rings (SSSR count). The molecule has 6 nitrogen and oxygen atoms in total. The van der Waals surface area contributed by atoms with Gasteiger partial charge >= 0.3 is 0 Å². The number of hydrogen-bond acceptors (Lipinski definition) is 5. The van der Waals surface area contributed by atoms with E-state index in [9.17, 15) is 13.2 Å². The Morgan fingerprint density at radius 3 is 2.70 bits per heavy atom. The van der Waals surface area contributed by atoms with Crippen LogP contribution in [-0.4, -0.2) is 39.4 Å². The van der Waals surface area contributed by atoms with Crippen LogP contribution in [0, 0.1) is 0 Å². The standard InChI is InChI=1S/C17H20Cl2N2O4S2/c1-27(23,24)21(15-7-2-6-14(18)17(15)19)11-16(22)20-8-4-10-26-12-13-5-3-9-25-13/h2-3,5-7,9H,4,8,10-12H2,1H3,(H,20,22). The van der Waals surface area contributed by atoms with E-state index in [1.807, 2.05) is 12.1 Å². The molecule has 0 fully saturated rings. The molecule has 0 aliphatic rings. The lowest BCUT2D eigenvalue weighted by Crippen LogP contribution is -2.40. The van der Waals surface area contributed by atoms with E-state index in [0.717, 1.165) is 34.2 Å². The summed E-state index contributed by atoms with van der Waals surface area (Å²) in [5.74, 6) is 2.12. The van der Waals surface area contributed by atoms with E-state index < -0.39 is 15.9 Å². The van der Waals surface area contributed by atoms with Gasteiger partial charge in [0.05, 0.1) is 34.0 Å². The lowest BCUT2D eigenvalue weighted by Gasteiger charge is -2.23. The van der Waals surface area contributed by atoms with Gasteiger partial charge in [-0.2, -0.15) is 11.8 Å². The molecule has 1 aromatic carbocycles. The van der Waals surface area contributed by atoms with Crippen LogP contribution in [0.25, 0.3) is 0 Å². The normalized spacial score (nSPS) is 11.4. The first-order valence-corrected chi connectivity index (χ1v) is 11.8. The van der Waals surface area contributed by atoms with Crippen LogP contribution < -0.4 is 9.62 Å². The molecular weight excluding hydrogens is 431 g/mol. The number of amides is 1. The molecule has 1 amide bonds. The third-order valence-electron chi connectivity index (χ3n) is 3.50. The molecule has 1 N–H and O–H groups in total. The van der Waals surface area contributed by atoms with Crippen LogP contribution in [0.2, 0.25) is 10.0 Å². The van der Waals surface area contributed by atoms with E-state index in [4.69, 9.17) is 27.6 Å². The molecule has 1 heterocycles. The number of nitrogens with zero attached hydrogens (tertiary/aromatic N) is 1. The van der Waals surface area contributed by atoms with E-state index in [-0.39, 0.29) is 22.3 Å². The maximum atomic E-state index is 12.2. The van der Waals surface area contributed by atoms with Crippen LogP contribution in [0.5, 0.6) is 0 Å². The fraction of sp³-hybridized carbons (Fsp3) is 0.353. The van der Waals surface area contributed by atoms with Crippen molar-refractivity contribution in [2.75, 3.05) is 29.4 Å². The Balaban J connectivity index is 1.83. The van der Waals surface area contributed by atoms with Gasteiger partial charge in [-0.25, -0.2) is 8.42 Å².